The molecule has 1 amide bonds. The Bertz CT molecular complexity index is 877. The van der Waals surface area contributed by atoms with Gasteiger partial charge >= 0.3 is 0 Å². The van der Waals surface area contributed by atoms with Crippen LogP contribution in [0.2, 0.25) is 0 Å². The minimum absolute atomic E-state index is 0.117. The highest BCUT2D eigenvalue weighted by Gasteiger charge is 2.15. The Balaban J connectivity index is 1.66. The molecule has 0 spiro atoms. The summed E-state index contributed by atoms with van der Waals surface area (Å²) in [6.45, 7) is 2.20. The number of methoxy groups -OCH3 is 1. The number of carbonyl (C=O) groups is 1. The van der Waals surface area contributed by atoms with E-state index in [2.05, 4.69) is 20.6 Å². The van der Waals surface area contributed by atoms with Crippen LogP contribution < -0.4 is 15.4 Å². The first-order valence-corrected chi connectivity index (χ1v) is 8.05. The molecule has 2 N–H and O–H groups in total. The second-order valence-electron chi connectivity index (χ2n) is 5.64. The molecule has 3 rings (SSSR count). The maximum atomic E-state index is 12.4. The topological polar surface area (TPSA) is 76.1 Å². The Kier molecular flexibility index (Phi) is 5.09. The highest BCUT2D eigenvalue weighted by molar-refractivity contribution is 5.91. The third kappa shape index (κ3) is 3.85. The first kappa shape index (κ1) is 16.7. The van der Waals surface area contributed by atoms with Crippen LogP contribution in [0, 0.1) is 0 Å². The van der Waals surface area contributed by atoms with Crippen molar-refractivity contribution in [3.05, 3.63) is 60.4 Å². The average molecular weight is 336 g/mol. The molecule has 128 valence electrons. The Morgan fingerprint density at radius 3 is 2.72 bits per heavy atom. The van der Waals surface area contributed by atoms with Gasteiger partial charge in [0.25, 0.3) is 0 Å². The first-order valence-electron chi connectivity index (χ1n) is 8.05. The van der Waals surface area contributed by atoms with E-state index in [9.17, 15) is 4.79 Å². The van der Waals surface area contributed by atoms with Crippen molar-refractivity contribution in [3.63, 3.8) is 0 Å². The third-order valence-corrected chi connectivity index (χ3v) is 3.93. The van der Waals surface area contributed by atoms with Gasteiger partial charge in [0.05, 0.1) is 12.6 Å². The van der Waals surface area contributed by atoms with Crippen molar-refractivity contribution in [2.75, 3.05) is 12.4 Å². The molecule has 25 heavy (non-hydrogen) atoms. The van der Waals surface area contributed by atoms with Crippen LogP contribution in [0.1, 0.15) is 12.5 Å². The van der Waals surface area contributed by atoms with Crippen LogP contribution in [-0.4, -0.2) is 29.0 Å². The molecule has 0 aliphatic carbocycles. The standard InChI is InChI=1S/C19H20N4O2/c1-13(19(24)20-11-14-7-3-6-10-17(14)25-2)23-18-15-8-4-5-9-16(15)21-12-22-18/h3-10,12-13H,11H2,1-2H3,(H,20,24)(H,21,22,23). The lowest BCUT2D eigenvalue weighted by Crippen LogP contribution is -2.37. The molecule has 6 heteroatoms. The number of amides is 1. The summed E-state index contributed by atoms with van der Waals surface area (Å²) in [5, 5.41) is 6.96. The third-order valence-electron chi connectivity index (χ3n) is 3.93. The number of para-hydroxylation sites is 2. The second-order valence-corrected chi connectivity index (χ2v) is 5.64. The van der Waals surface area contributed by atoms with Crippen LogP contribution in [-0.2, 0) is 11.3 Å². The van der Waals surface area contributed by atoms with Gasteiger partial charge in [0.1, 0.15) is 23.9 Å². The summed E-state index contributed by atoms with van der Waals surface area (Å²) in [6.07, 6.45) is 1.49. The van der Waals surface area contributed by atoms with E-state index in [1.165, 1.54) is 6.33 Å². The quantitative estimate of drug-likeness (QED) is 0.724. The lowest BCUT2D eigenvalue weighted by atomic mass is 10.2. The predicted molar refractivity (Wildman–Crippen MR) is 97.5 cm³/mol. The van der Waals surface area contributed by atoms with Gasteiger partial charge in [-0.2, -0.15) is 0 Å². The van der Waals surface area contributed by atoms with Crippen molar-refractivity contribution >= 4 is 22.6 Å². The first-order chi connectivity index (χ1) is 12.2. The van der Waals surface area contributed by atoms with Crippen LogP contribution in [0.5, 0.6) is 5.75 Å². The Hall–Kier alpha value is -3.15. The summed E-state index contributed by atoms with van der Waals surface area (Å²) in [5.74, 6) is 1.28. The molecule has 1 atom stereocenters. The summed E-state index contributed by atoms with van der Waals surface area (Å²) in [4.78, 5) is 20.9. The molecule has 3 aromatic rings. The Morgan fingerprint density at radius 2 is 1.88 bits per heavy atom. The molecule has 2 aromatic carbocycles. The number of hydrogen-bond donors (Lipinski definition) is 2. The molecule has 0 saturated carbocycles. The van der Waals surface area contributed by atoms with Gasteiger partial charge in [0.15, 0.2) is 0 Å². The van der Waals surface area contributed by atoms with E-state index in [0.717, 1.165) is 22.2 Å². The number of ether oxygens (including phenoxy) is 1. The molecular weight excluding hydrogens is 316 g/mol. The zero-order valence-electron chi connectivity index (χ0n) is 14.2. The molecule has 0 saturated heterocycles. The number of benzene rings is 2. The van der Waals surface area contributed by atoms with E-state index in [0.29, 0.717) is 12.4 Å². The minimum Gasteiger partial charge on any atom is -0.496 e. The van der Waals surface area contributed by atoms with Crippen LogP contribution in [0.25, 0.3) is 10.9 Å². The van der Waals surface area contributed by atoms with Crippen LogP contribution in [0.15, 0.2) is 54.9 Å². The Labute approximate surface area is 146 Å². The molecule has 0 radical (unpaired) electrons. The van der Waals surface area contributed by atoms with E-state index in [4.69, 9.17) is 4.74 Å². The van der Waals surface area contributed by atoms with Gasteiger partial charge in [-0.1, -0.05) is 30.3 Å². The van der Waals surface area contributed by atoms with Crippen LogP contribution in [0.4, 0.5) is 5.82 Å². The van der Waals surface area contributed by atoms with Crippen molar-refractivity contribution in [2.45, 2.75) is 19.5 Å². The number of fused-ring (bicyclic) bond motifs is 1. The molecule has 0 fully saturated rings. The van der Waals surface area contributed by atoms with E-state index in [1.54, 1.807) is 14.0 Å². The molecule has 6 nitrogen and oxygen atoms in total. The number of nitrogens with zero attached hydrogens (tertiary/aromatic N) is 2. The molecule has 1 aromatic heterocycles. The van der Waals surface area contributed by atoms with Gasteiger partial charge in [-0.3, -0.25) is 4.79 Å². The van der Waals surface area contributed by atoms with Crippen molar-refractivity contribution in [1.29, 1.82) is 0 Å². The molecule has 0 bridgehead atoms. The van der Waals surface area contributed by atoms with E-state index in [-0.39, 0.29) is 5.91 Å². The lowest BCUT2D eigenvalue weighted by Gasteiger charge is -2.16. The lowest BCUT2D eigenvalue weighted by molar-refractivity contribution is -0.121. The van der Waals surface area contributed by atoms with E-state index < -0.39 is 6.04 Å². The van der Waals surface area contributed by atoms with Gasteiger partial charge in [0.2, 0.25) is 5.91 Å². The normalized spacial score (nSPS) is 11.8. The predicted octanol–water partition coefficient (Wildman–Crippen LogP) is 2.76. The van der Waals surface area contributed by atoms with E-state index in [1.807, 2.05) is 48.5 Å². The number of nitrogens with one attached hydrogen (secondary N) is 2. The van der Waals surface area contributed by atoms with Crippen LogP contribution in [0.3, 0.4) is 0 Å². The fraction of sp³-hybridized carbons (Fsp3) is 0.211. The summed E-state index contributed by atoms with van der Waals surface area (Å²) < 4.78 is 5.30. The van der Waals surface area contributed by atoms with Crippen molar-refractivity contribution in [1.82, 2.24) is 15.3 Å². The van der Waals surface area contributed by atoms with Gasteiger partial charge in [-0.25, -0.2) is 9.97 Å². The summed E-state index contributed by atoms with van der Waals surface area (Å²) in [6, 6.07) is 14.9. The van der Waals surface area contributed by atoms with Gasteiger partial charge < -0.3 is 15.4 Å². The van der Waals surface area contributed by atoms with Gasteiger partial charge in [-0.15, -0.1) is 0 Å². The van der Waals surface area contributed by atoms with Crippen LogP contribution >= 0.6 is 0 Å². The number of hydrogen-bond acceptors (Lipinski definition) is 5. The fourth-order valence-electron chi connectivity index (χ4n) is 2.57. The largest absolute Gasteiger partial charge is 0.496 e. The second kappa shape index (κ2) is 7.61. The zero-order valence-corrected chi connectivity index (χ0v) is 14.2. The van der Waals surface area contributed by atoms with Crippen molar-refractivity contribution < 1.29 is 9.53 Å². The summed E-state index contributed by atoms with van der Waals surface area (Å²) >= 11 is 0. The molecule has 0 aliphatic rings. The fourth-order valence-corrected chi connectivity index (χ4v) is 2.57. The van der Waals surface area contributed by atoms with E-state index >= 15 is 0 Å². The summed E-state index contributed by atoms with van der Waals surface area (Å²) in [5.41, 5.74) is 1.76. The molecule has 1 unspecified atom stereocenters. The monoisotopic (exact) mass is 336 g/mol. The number of aromatic nitrogens is 2. The van der Waals surface area contributed by atoms with Gasteiger partial charge in [0, 0.05) is 17.5 Å². The number of rotatable bonds is 6. The van der Waals surface area contributed by atoms with Gasteiger partial charge in [-0.05, 0) is 25.1 Å². The van der Waals surface area contributed by atoms with Crippen molar-refractivity contribution in [2.24, 2.45) is 0 Å². The Morgan fingerprint density at radius 1 is 1.12 bits per heavy atom. The van der Waals surface area contributed by atoms with Crippen molar-refractivity contribution in [3.8, 4) is 5.75 Å². The number of carbonyl (C=O) groups excluding carboxylic acids is 1. The molecule has 0 aliphatic heterocycles. The molecular formula is C19H20N4O2. The summed E-state index contributed by atoms with van der Waals surface area (Å²) in [7, 11) is 1.62. The maximum absolute atomic E-state index is 12.4. The average Bonchev–Trinajstić information content (AvgIpc) is 2.66. The number of anilines is 1. The highest BCUT2D eigenvalue weighted by Crippen LogP contribution is 2.19. The highest BCUT2D eigenvalue weighted by atomic mass is 16.5. The molecule has 1 heterocycles. The zero-order chi connectivity index (χ0) is 17.6. The smallest absolute Gasteiger partial charge is 0.242 e. The maximum Gasteiger partial charge on any atom is 0.242 e. The SMILES string of the molecule is COc1ccccc1CNC(=O)C(C)Nc1ncnc2ccccc12. The minimum atomic E-state index is -0.437.